The molecule has 1 saturated heterocycles. The number of nitrogens with two attached hydrogens (primary N) is 1. The van der Waals surface area contributed by atoms with E-state index in [0.717, 1.165) is 91.1 Å². The molecule has 190 valence electrons. The maximum atomic E-state index is 6.13. The lowest BCUT2D eigenvalue weighted by Crippen LogP contribution is -2.36. The first-order chi connectivity index (χ1) is 17.7. The molecule has 5 rings (SSSR count). The predicted molar refractivity (Wildman–Crippen MR) is 146 cm³/mol. The molecule has 1 aliphatic rings. The summed E-state index contributed by atoms with van der Waals surface area (Å²) in [5.74, 6) is 1.92. The largest absolute Gasteiger partial charge is 0.496 e. The van der Waals surface area contributed by atoms with E-state index in [9.17, 15) is 0 Å². The molecule has 36 heavy (non-hydrogen) atoms. The van der Waals surface area contributed by atoms with Crippen molar-refractivity contribution in [2.75, 3.05) is 37.9 Å². The molecule has 1 unspecified atom stereocenters. The Kier molecular flexibility index (Phi) is 7.53. The van der Waals surface area contributed by atoms with Crippen molar-refractivity contribution in [3.8, 4) is 5.75 Å². The summed E-state index contributed by atoms with van der Waals surface area (Å²) in [5, 5.41) is 8.22. The van der Waals surface area contributed by atoms with Crippen molar-refractivity contribution in [1.29, 1.82) is 0 Å². The quantitative estimate of drug-likeness (QED) is 0.278. The third-order valence-corrected chi connectivity index (χ3v) is 6.87. The average Bonchev–Trinajstić information content (AvgIpc) is 3.21. The molecule has 3 heterocycles. The van der Waals surface area contributed by atoms with Gasteiger partial charge in [0, 0.05) is 36.7 Å². The molecule has 0 amide bonds. The number of ether oxygens (including phenoxy) is 2. The lowest BCUT2D eigenvalue weighted by atomic mass is 10.1. The standard InChI is InChI=1S/C28H36N6O2/c1-3-4-13-30-27-26-25(32-28(29)33-27)22-9-5-6-10-23(22)34(26)17-20-15-19(11-12-24(20)35-2)16-31-21-8-7-14-36-18-21/h5-6,9-12,15,21,31H,3-4,7-8,13-14,16-18H2,1-2H3,(H3,29,30,32,33). The number of aromatic nitrogens is 3. The van der Waals surface area contributed by atoms with Crippen LogP contribution in [-0.2, 0) is 17.8 Å². The SMILES string of the molecule is CCCCNc1nc(N)nc2c3ccccc3n(Cc3cc(CNC4CCCOC4)ccc3OC)c12. The van der Waals surface area contributed by atoms with E-state index in [-0.39, 0.29) is 5.95 Å². The fourth-order valence-electron chi connectivity index (χ4n) is 5.02. The molecule has 0 bridgehead atoms. The van der Waals surface area contributed by atoms with E-state index in [0.29, 0.717) is 12.6 Å². The van der Waals surface area contributed by atoms with E-state index >= 15 is 0 Å². The van der Waals surface area contributed by atoms with Crippen LogP contribution in [0.3, 0.4) is 0 Å². The van der Waals surface area contributed by atoms with Crippen molar-refractivity contribution in [2.24, 2.45) is 0 Å². The van der Waals surface area contributed by atoms with E-state index in [1.807, 2.05) is 6.07 Å². The minimum Gasteiger partial charge on any atom is -0.496 e. The number of hydrogen-bond donors (Lipinski definition) is 3. The monoisotopic (exact) mass is 488 g/mol. The van der Waals surface area contributed by atoms with Crippen LogP contribution in [0.2, 0.25) is 0 Å². The first-order valence-corrected chi connectivity index (χ1v) is 12.9. The Morgan fingerprint density at radius 2 is 2.08 bits per heavy atom. The Balaban J connectivity index is 1.53. The lowest BCUT2D eigenvalue weighted by molar-refractivity contribution is 0.0699. The second-order valence-corrected chi connectivity index (χ2v) is 9.45. The maximum absolute atomic E-state index is 6.13. The van der Waals surface area contributed by atoms with Crippen molar-refractivity contribution >= 4 is 33.7 Å². The Bertz CT molecular complexity index is 1330. The van der Waals surface area contributed by atoms with Gasteiger partial charge in [-0.1, -0.05) is 37.6 Å². The van der Waals surface area contributed by atoms with Gasteiger partial charge in [0.1, 0.15) is 16.8 Å². The summed E-state index contributed by atoms with van der Waals surface area (Å²) in [6, 6.07) is 15.2. The molecule has 1 aliphatic heterocycles. The lowest BCUT2D eigenvalue weighted by Gasteiger charge is -2.23. The third-order valence-electron chi connectivity index (χ3n) is 6.87. The van der Waals surface area contributed by atoms with Crippen LogP contribution in [0.5, 0.6) is 5.75 Å². The van der Waals surface area contributed by atoms with Gasteiger partial charge >= 0.3 is 0 Å². The highest BCUT2D eigenvalue weighted by Crippen LogP contribution is 2.34. The van der Waals surface area contributed by atoms with E-state index in [1.54, 1.807) is 7.11 Å². The van der Waals surface area contributed by atoms with E-state index in [4.69, 9.17) is 15.2 Å². The molecule has 1 fully saturated rings. The third kappa shape index (κ3) is 5.10. The first-order valence-electron chi connectivity index (χ1n) is 12.9. The number of rotatable bonds is 10. The smallest absolute Gasteiger partial charge is 0.222 e. The zero-order valence-corrected chi connectivity index (χ0v) is 21.2. The Hall–Kier alpha value is -3.36. The van der Waals surface area contributed by atoms with Gasteiger partial charge in [0.25, 0.3) is 0 Å². The van der Waals surface area contributed by atoms with Gasteiger partial charge in [0.15, 0.2) is 5.82 Å². The van der Waals surface area contributed by atoms with Crippen LogP contribution >= 0.6 is 0 Å². The number of anilines is 2. The summed E-state index contributed by atoms with van der Waals surface area (Å²) in [7, 11) is 1.73. The van der Waals surface area contributed by atoms with Crippen LogP contribution in [-0.4, -0.2) is 47.4 Å². The van der Waals surface area contributed by atoms with Crippen molar-refractivity contribution in [2.45, 2.75) is 51.7 Å². The number of para-hydroxylation sites is 1. The van der Waals surface area contributed by atoms with Gasteiger partial charge in [-0.05, 0) is 43.0 Å². The Morgan fingerprint density at radius 3 is 2.89 bits per heavy atom. The number of methoxy groups -OCH3 is 1. The molecule has 8 nitrogen and oxygen atoms in total. The number of nitrogen functional groups attached to an aromatic ring is 1. The molecule has 1 atom stereocenters. The second-order valence-electron chi connectivity index (χ2n) is 9.45. The summed E-state index contributed by atoms with van der Waals surface area (Å²) in [6.45, 7) is 6.08. The molecule has 2 aromatic carbocycles. The Morgan fingerprint density at radius 1 is 1.19 bits per heavy atom. The predicted octanol–water partition coefficient (Wildman–Crippen LogP) is 4.70. The summed E-state index contributed by atoms with van der Waals surface area (Å²) in [6.07, 6.45) is 4.42. The Labute approximate surface area is 212 Å². The minimum atomic E-state index is 0.279. The zero-order chi connectivity index (χ0) is 24.9. The minimum absolute atomic E-state index is 0.279. The summed E-state index contributed by atoms with van der Waals surface area (Å²) in [4.78, 5) is 9.24. The van der Waals surface area contributed by atoms with Crippen molar-refractivity contribution in [3.63, 3.8) is 0 Å². The number of nitrogens with zero attached hydrogens (tertiary/aromatic N) is 3. The van der Waals surface area contributed by atoms with Crippen molar-refractivity contribution < 1.29 is 9.47 Å². The molecule has 4 N–H and O–H groups in total. The number of benzene rings is 2. The summed E-state index contributed by atoms with van der Waals surface area (Å²) in [5.41, 5.74) is 11.4. The highest BCUT2D eigenvalue weighted by molar-refractivity contribution is 6.09. The molecule has 0 radical (unpaired) electrons. The van der Waals surface area contributed by atoms with Crippen LogP contribution in [0.1, 0.15) is 43.7 Å². The maximum Gasteiger partial charge on any atom is 0.222 e. The molecule has 4 aromatic rings. The normalized spacial score (nSPS) is 16.0. The highest BCUT2D eigenvalue weighted by Gasteiger charge is 2.19. The molecule has 0 aliphatic carbocycles. The van der Waals surface area contributed by atoms with Gasteiger partial charge in [-0.3, -0.25) is 0 Å². The molecular weight excluding hydrogens is 452 g/mol. The highest BCUT2D eigenvalue weighted by atomic mass is 16.5. The number of nitrogens with one attached hydrogen (secondary N) is 2. The zero-order valence-electron chi connectivity index (χ0n) is 21.2. The molecule has 8 heteroatoms. The van der Waals surface area contributed by atoms with Gasteiger partial charge in [-0.25, -0.2) is 4.98 Å². The number of unbranched alkanes of at least 4 members (excludes halogenated alkanes) is 1. The van der Waals surface area contributed by atoms with Gasteiger partial charge in [-0.2, -0.15) is 4.98 Å². The van der Waals surface area contributed by atoms with Gasteiger partial charge in [0.05, 0.1) is 25.8 Å². The molecule has 2 aromatic heterocycles. The van der Waals surface area contributed by atoms with Gasteiger partial charge < -0.3 is 30.4 Å². The fraction of sp³-hybridized carbons (Fsp3) is 0.429. The van der Waals surface area contributed by atoms with Gasteiger partial charge in [-0.15, -0.1) is 0 Å². The van der Waals surface area contributed by atoms with Crippen LogP contribution in [0, 0.1) is 0 Å². The van der Waals surface area contributed by atoms with Crippen molar-refractivity contribution in [1.82, 2.24) is 19.9 Å². The summed E-state index contributed by atoms with van der Waals surface area (Å²) >= 11 is 0. The topological polar surface area (TPSA) is 99.2 Å². The molecule has 0 spiro atoms. The average molecular weight is 489 g/mol. The number of hydrogen-bond acceptors (Lipinski definition) is 7. The van der Waals surface area contributed by atoms with E-state index in [2.05, 4.69) is 68.5 Å². The fourth-order valence-corrected chi connectivity index (χ4v) is 5.02. The summed E-state index contributed by atoms with van der Waals surface area (Å²) < 4.78 is 13.7. The van der Waals surface area contributed by atoms with Crippen LogP contribution in [0.25, 0.3) is 21.9 Å². The van der Waals surface area contributed by atoms with Gasteiger partial charge in [0.2, 0.25) is 5.95 Å². The van der Waals surface area contributed by atoms with Crippen LogP contribution in [0.4, 0.5) is 11.8 Å². The second kappa shape index (κ2) is 11.1. The van der Waals surface area contributed by atoms with Crippen molar-refractivity contribution in [3.05, 3.63) is 53.6 Å². The first kappa shape index (κ1) is 24.3. The van der Waals surface area contributed by atoms with E-state index in [1.165, 1.54) is 5.56 Å². The van der Waals surface area contributed by atoms with E-state index < -0.39 is 0 Å². The van der Waals surface area contributed by atoms with Crippen LogP contribution < -0.4 is 21.1 Å². The molecular formula is C28H36N6O2. The molecule has 0 saturated carbocycles. The number of fused-ring (bicyclic) bond motifs is 3. The van der Waals surface area contributed by atoms with Crippen LogP contribution in [0.15, 0.2) is 42.5 Å².